The number of nitriles is 1. The molecule has 0 radical (unpaired) electrons. The number of hydrogen-bond acceptors (Lipinski definition) is 3. The first-order chi connectivity index (χ1) is 8.33. The van der Waals surface area contributed by atoms with Gasteiger partial charge in [0.1, 0.15) is 6.04 Å². The maximum atomic E-state index is 9.40. The van der Waals surface area contributed by atoms with Crippen LogP contribution in [0.5, 0.6) is 0 Å². The highest BCUT2D eigenvalue weighted by atomic mass is 15.2. The van der Waals surface area contributed by atoms with E-state index in [2.05, 4.69) is 35.3 Å². The van der Waals surface area contributed by atoms with Crippen molar-refractivity contribution >= 4 is 0 Å². The quantitative estimate of drug-likeness (QED) is 0.855. The van der Waals surface area contributed by atoms with Gasteiger partial charge in [-0.05, 0) is 5.56 Å². The molecule has 2 atom stereocenters. The minimum absolute atomic E-state index is 0.0144. The van der Waals surface area contributed by atoms with E-state index < -0.39 is 0 Å². The summed E-state index contributed by atoms with van der Waals surface area (Å²) in [5.74, 6) is 0.263. The van der Waals surface area contributed by atoms with Gasteiger partial charge in [-0.1, -0.05) is 37.3 Å². The van der Waals surface area contributed by atoms with E-state index in [-0.39, 0.29) is 12.0 Å². The van der Waals surface area contributed by atoms with Crippen LogP contribution in [-0.4, -0.2) is 37.1 Å². The van der Waals surface area contributed by atoms with Crippen molar-refractivity contribution in [1.82, 2.24) is 10.2 Å². The molecule has 1 aliphatic heterocycles. The molecule has 1 saturated heterocycles. The van der Waals surface area contributed by atoms with E-state index in [1.165, 1.54) is 5.56 Å². The number of nitrogens with one attached hydrogen (secondary N) is 1. The summed E-state index contributed by atoms with van der Waals surface area (Å²) in [7, 11) is 0. The third-order valence-electron chi connectivity index (χ3n) is 3.48. The summed E-state index contributed by atoms with van der Waals surface area (Å²) in [6, 6.07) is 12.8. The van der Waals surface area contributed by atoms with Gasteiger partial charge in [-0.15, -0.1) is 0 Å². The second-order valence-electron chi connectivity index (χ2n) is 4.56. The molecular formula is C14H19N3. The zero-order valence-corrected chi connectivity index (χ0v) is 10.3. The molecule has 1 fully saturated rings. The lowest BCUT2D eigenvalue weighted by molar-refractivity contribution is 0.189. The second-order valence-corrected chi connectivity index (χ2v) is 4.56. The highest BCUT2D eigenvalue weighted by Gasteiger charge is 2.26. The van der Waals surface area contributed by atoms with Gasteiger partial charge in [0.25, 0.3) is 0 Å². The SMILES string of the molecule is CC(c1ccccc1)C(C#N)N1CCNCC1. The lowest BCUT2D eigenvalue weighted by Crippen LogP contribution is -2.49. The fourth-order valence-electron chi connectivity index (χ4n) is 2.41. The molecule has 3 heteroatoms. The molecular weight excluding hydrogens is 210 g/mol. The van der Waals surface area contributed by atoms with Crippen molar-refractivity contribution in [2.24, 2.45) is 0 Å². The van der Waals surface area contributed by atoms with Gasteiger partial charge in [0, 0.05) is 32.1 Å². The molecule has 1 N–H and O–H groups in total. The molecule has 1 aromatic rings. The molecule has 0 aromatic heterocycles. The van der Waals surface area contributed by atoms with Crippen molar-refractivity contribution < 1.29 is 0 Å². The Balaban J connectivity index is 2.10. The molecule has 3 nitrogen and oxygen atoms in total. The predicted molar refractivity (Wildman–Crippen MR) is 68.7 cm³/mol. The van der Waals surface area contributed by atoms with Gasteiger partial charge in [-0.3, -0.25) is 4.90 Å². The zero-order valence-electron chi connectivity index (χ0n) is 10.3. The summed E-state index contributed by atoms with van der Waals surface area (Å²) in [6.07, 6.45) is 0. The third kappa shape index (κ3) is 2.85. The van der Waals surface area contributed by atoms with Crippen LogP contribution in [0.4, 0.5) is 0 Å². The molecule has 2 unspecified atom stereocenters. The summed E-state index contributed by atoms with van der Waals surface area (Å²) < 4.78 is 0. The fraction of sp³-hybridized carbons (Fsp3) is 0.500. The zero-order chi connectivity index (χ0) is 12.1. The third-order valence-corrected chi connectivity index (χ3v) is 3.48. The number of piperazine rings is 1. The molecule has 1 heterocycles. The van der Waals surface area contributed by atoms with Gasteiger partial charge in [0.15, 0.2) is 0 Å². The smallest absolute Gasteiger partial charge is 0.104 e. The molecule has 2 rings (SSSR count). The molecule has 0 spiro atoms. The summed E-state index contributed by atoms with van der Waals surface area (Å²) in [5.41, 5.74) is 1.25. The second kappa shape index (κ2) is 5.81. The molecule has 17 heavy (non-hydrogen) atoms. The monoisotopic (exact) mass is 229 g/mol. The molecule has 0 amide bonds. The first kappa shape index (κ1) is 12.1. The van der Waals surface area contributed by atoms with Crippen LogP contribution in [0.25, 0.3) is 0 Å². The topological polar surface area (TPSA) is 39.1 Å². The van der Waals surface area contributed by atoms with Crippen LogP contribution in [0.2, 0.25) is 0 Å². The highest BCUT2D eigenvalue weighted by molar-refractivity contribution is 5.23. The minimum atomic E-state index is -0.0144. The van der Waals surface area contributed by atoms with Gasteiger partial charge in [-0.25, -0.2) is 0 Å². The predicted octanol–water partition coefficient (Wildman–Crippen LogP) is 1.59. The van der Waals surface area contributed by atoms with Gasteiger partial charge < -0.3 is 5.32 Å². The molecule has 0 saturated carbocycles. The van der Waals surface area contributed by atoms with Crippen LogP contribution in [0.1, 0.15) is 18.4 Å². The van der Waals surface area contributed by atoms with Crippen molar-refractivity contribution in [3.05, 3.63) is 35.9 Å². The van der Waals surface area contributed by atoms with E-state index >= 15 is 0 Å². The Morgan fingerprint density at radius 2 is 1.88 bits per heavy atom. The lowest BCUT2D eigenvalue weighted by Gasteiger charge is -2.34. The average molecular weight is 229 g/mol. The van der Waals surface area contributed by atoms with E-state index in [4.69, 9.17) is 0 Å². The average Bonchev–Trinajstić information content (AvgIpc) is 2.42. The van der Waals surface area contributed by atoms with Crippen LogP contribution in [-0.2, 0) is 0 Å². The van der Waals surface area contributed by atoms with E-state index in [1.54, 1.807) is 0 Å². The summed E-state index contributed by atoms with van der Waals surface area (Å²) in [5, 5.41) is 12.7. The van der Waals surface area contributed by atoms with E-state index in [9.17, 15) is 5.26 Å². The van der Waals surface area contributed by atoms with Crippen LogP contribution < -0.4 is 5.32 Å². The number of nitrogens with zero attached hydrogens (tertiary/aromatic N) is 2. The van der Waals surface area contributed by atoms with Gasteiger partial charge in [0.05, 0.1) is 6.07 Å². The Labute approximate surface area is 103 Å². The Morgan fingerprint density at radius 3 is 2.47 bits per heavy atom. The lowest BCUT2D eigenvalue weighted by atomic mass is 9.92. The Kier molecular flexibility index (Phi) is 4.13. The first-order valence-electron chi connectivity index (χ1n) is 6.22. The molecule has 90 valence electrons. The van der Waals surface area contributed by atoms with Gasteiger partial charge >= 0.3 is 0 Å². The van der Waals surface area contributed by atoms with Gasteiger partial charge in [0.2, 0.25) is 0 Å². The van der Waals surface area contributed by atoms with Crippen LogP contribution in [0, 0.1) is 11.3 Å². The van der Waals surface area contributed by atoms with Crippen molar-refractivity contribution in [2.45, 2.75) is 18.9 Å². The van der Waals surface area contributed by atoms with E-state index in [0.717, 1.165) is 26.2 Å². The molecule has 1 aromatic carbocycles. The summed E-state index contributed by atoms with van der Waals surface area (Å²) in [4.78, 5) is 2.29. The number of hydrogen-bond donors (Lipinski definition) is 1. The summed E-state index contributed by atoms with van der Waals surface area (Å²) >= 11 is 0. The van der Waals surface area contributed by atoms with E-state index in [0.29, 0.717) is 0 Å². The van der Waals surface area contributed by atoms with Crippen molar-refractivity contribution in [2.75, 3.05) is 26.2 Å². The number of benzene rings is 1. The molecule has 1 aliphatic rings. The van der Waals surface area contributed by atoms with Crippen LogP contribution in [0.3, 0.4) is 0 Å². The molecule has 0 aliphatic carbocycles. The Hall–Kier alpha value is -1.37. The number of rotatable bonds is 3. The van der Waals surface area contributed by atoms with Crippen LogP contribution in [0.15, 0.2) is 30.3 Å². The molecule has 0 bridgehead atoms. The Bertz CT molecular complexity index is 376. The van der Waals surface area contributed by atoms with Gasteiger partial charge in [-0.2, -0.15) is 5.26 Å². The maximum absolute atomic E-state index is 9.40. The standard InChI is InChI=1S/C14H19N3/c1-12(13-5-3-2-4-6-13)14(11-15)17-9-7-16-8-10-17/h2-6,12,14,16H,7-10H2,1H3. The van der Waals surface area contributed by atoms with Crippen LogP contribution >= 0.6 is 0 Å². The van der Waals surface area contributed by atoms with Crippen molar-refractivity contribution in [3.8, 4) is 6.07 Å². The first-order valence-corrected chi connectivity index (χ1v) is 6.22. The normalized spacial score (nSPS) is 20.5. The largest absolute Gasteiger partial charge is 0.314 e. The van der Waals surface area contributed by atoms with Crippen molar-refractivity contribution in [3.63, 3.8) is 0 Å². The Morgan fingerprint density at radius 1 is 1.24 bits per heavy atom. The fourth-order valence-corrected chi connectivity index (χ4v) is 2.41. The van der Waals surface area contributed by atoms with E-state index in [1.807, 2.05) is 18.2 Å². The minimum Gasteiger partial charge on any atom is -0.314 e. The summed E-state index contributed by atoms with van der Waals surface area (Å²) in [6.45, 7) is 6.05. The highest BCUT2D eigenvalue weighted by Crippen LogP contribution is 2.22. The maximum Gasteiger partial charge on any atom is 0.104 e. The van der Waals surface area contributed by atoms with Crippen molar-refractivity contribution in [1.29, 1.82) is 5.26 Å².